The third-order valence-electron chi connectivity index (χ3n) is 6.41. The van der Waals surface area contributed by atoms with E-state index in [2.05, 4.69) is 11.1 Å². The fraction of sp³-hybridized carbons (Fsp3) is 0.276. The molecule has 1 aliphatic carbocycles. The van der Waals surface area contributed by atoms with E-state index >= 15 is 0 Å². The third kappa shape index (κ3) is 4.33. The van der Waals surface area contributed by atoms with Crippen LogP contribution in [-0.4, -0.2) is 31.7 Å². The van der Waals surface area contributed by atoms with Crippen LogP contribution in [0.3, 0.4) is 0 Å². The number of ether oxygens (including phenoxy) is 3. The van der Waals surface area contributed by atoms with Crippen molar-refractivity contribution in [1.82, 2.24) is 0 Å². The number of nitrogens with zero attached hydrogens (tertiary/aromatic N) is 1. The standard InChI is InChI=1S/C29H27NO6/c1-16(2)21-14-22(31)17(3)27(28(21)32)30-9-5-6-18-10-20-13-24(36-29(20)26(11-18)33-4)19-7-8-23-25(12-19)35-15-34-23/h7-14,16H,5-6,15H2,1-4H3. The number of aliphatic imine (C=N–C) groups is 1. The molecule has 0 unspecified atom stereocenters. The number of Topliss-reactive ketones (excluding diaryl/α,β-unsaturated/α-hetero) is 1. The van der Waals surface area contributed by atoms with Crippen molar-refractivity contribution in [2.45, 2.75) is 33.6 Å². The first kappa shape index (κ1) is 23.6. The molecule has 7 nitrogen and oxygen atoms in total. The van der Waals surface area contributed by atoms with Gasteiger partial charge in [0.15, 0.2) is 28.6 Å². The number of carbonyl (C=O) groups excluding carboxylic acids is 2. The first-order valence-electron chi connectivity index (χ1n) is 11.9. The Balaban J connectivity index is 1.35. The molecule has 0 atom stereocenters. The molecule has 0 saturated heterocycles. The smallest absolute Gasteiger partial charge is 0.231 e. The first-order chi connectivity index (χ1) is 17.4. The van der Waals surface area contributed by atoms with Gasteiger partial charge < -0.3 is 18.6 Å². The summed E-state index contributed by atoms with van der Waals surface area (Å²) in [6.45, 7) is 5.67. The van der Waals surface area contributed by atoms with Gasteiger partial charge in [0, 0.05) is 28.3 Å². The van der Waals surface area contributed by atoms with E-state index in [1.54, 1.807) is 20.2 Å². The van der Waals surface area contributed by atoms with Crippen molar-refractivity contribution in [2.75, 3.05) is 13.9 Å². The lowest BCUT2D eigenvalue weighted by molar-refractivity contribution is -0.116. The van der Waals surface area contributed by atoms with Gasteiger partial charge in [0.05, 0.1) is 7.11 Å². The van der Waals surface area contributed by atoms with Crippen LogP contribution < -0.4 is 14.2 Å². The highest BCUT2D eigenvalue weighted by Crippen LogP contribution is 2.39. The number of fused-ring (bicyclic) bond motifs is 2. The molecule has 1 aromatic heterocycles. The maximum Gasteiger partial charge on any atom is 0.231 e. The summed E-state index contributed by atoms with van der Waals surface area (Å²) >= 11 is 0. The lowest BCUT2D eigenvalue weighted by Gasteiger charge is -2.16. The van der Waals surface area contributed by atoms with Crippen LogP contribution in [-0.2, 0) is 16.0 Å². The van der Waals surface area contributed by atoms with Gasteiger partial charge >= 0.3 is 0 Å². The molecule has 2 aliphatic rings. The van der Waals surface area contributed by atoms with Crippen LogP contribution in [0.4, 0.5) is 0 Å². The third-order valence-corrected chi connectivity index (χ3v) is 6.41. The second kappa shape index (κ2) is 9.49. The molecular formula is C29H27NO6. The van der Waals surface area contributed by atoms with E-state index in [-0.39, 0.29) is 30.0 Å². The highest BCUT2D eigenvalue weighted by atomic mass is 16.7. The molecule has 2 aromatic carbocycles. The van der Waals surface area contributed by atoms with E-state index in [1.807, 2.05) is 44.2 Å². The van der Waals surface area contributed by atoms with Crippen LogP contribution in [0.2, 0.25) is 0 Å². The average molecular weight is 486 g/mol. The van der Waals surface area contributed by atoms with E-state index < -0.39 is 0 Å². The van der Waals surface area contributed by atoms with Gasteiger partial charge in [0.25, 0.3) is 0 Å². The zero-order valence-electron chi connectivity index (χ0n) is 20.7. The molecular weight excluding hydrogens is 458 g/mol. The normalized spacial score (nSPS) is 15.5. The first-order valence-corrected chi connectivity index (χ1v) is 11.9. The average Bonchev–Trinajstić information content (AvgIpc) is 3.51. The Labute approximate surface area is 209 Å². The summed E-state index contributed by atoms with van der Waals surface area (Å²) in [4.78, 5) is 29.4. The zero-order valence-corrected chi connectivity index (χ0v) is 20.7. The molecule has 5 rings (SSSR count). The van der Waals surface area contributed by atoms with Crippen molar-refractivity contribution in [1.29, 1.82) is 0 Å². The van der Waals surface area contributed by atoms with E-state index in [1.165, 1.54) is 6.08 Å². The number of ketones is 2. The van der Waals surface area contributed by atoms with Crippen molar-refractivity contribution < 1.29 is 28.2 Å². The molecule has 0 radical (unpaired) electrons. The molecule has 184 valence electrons. The summed E-state index contributed by atoms with van der Waals surface area (Å²) in [7, 11) is 1.61. The van der Waals surface area contributed by atoms with Crippen molar-refractivity contribution in [2.24, 2.45) is 10.9 Å². The summed E-state index contributed by atoms with van der Waals surface area (Å²) in [5.41, 5.74) is 3.73. The van der Waals surface area contributed by atoms with E-state index in [9.17, 15) is 9.59 Å². The summed E-state index contributed by atoms with van der Waals surface area (Å²) in [6.07, 6.45) is 4.42. The Kier molecular flexibility index (Phi) is 6.22. The van der Waals surface area contributed by atoms with Crippen LogP contribution in [0.15, 0.2) is 68.7 Å². The van der Waals surface area contributed by atoms with Gasteiger partial charge in [-0.2, -0.15) is 0 Å². The van der Waals surface area contributed by atoms with Crippen molar-refractivity contribution in [3.63, 3.8) is 0 Å². The Morgan fingerprint density at radius 1 is 1.08 bits per heavy atom. The Morgan fingerprint density at radius 3 is 2.67 bits per heavy atom. The quantitative estimate of drug-likeness (QED) is 0.308. The molecule has 7 heteroatoms. The monoisotopic (exact) mass is 485 g/mol. The number of furan rings is 1. The molecule has 3 aromatic rings. The highest BCUT2D eigenvalue weighted by molar-refractivity contribution is 6.22. The SMILES string of the molecule is COc1cc(CCC=NC2=C(C)C(=O)C=C(C(C)C)C2=O)cc2cc(-c3ccc4c(c3)OCO4)oc12. The number of carbonyl (C=O) groups is 2. The van der Waals surface area contributed by atoms with Crippen LogP contribution in [0.25, 0.3) is 22.3 Å². The molecule has 2 heterocycles. The molecule has 1 aliphatic heterocycles. The second-order valence-corrected chi connectivity index (χ2v) is 9.17. The van der Waals surface area contributed by atoms with Gasteiger partial charge in [0.1, 0.15) is 11.5 Å². The summed E-state index contributed by atoms with van der Waals surface area (Å²) in [5, 5.41) is 0.923. The number of benzene rings is 2. The summed E-state index contributed by atoms with van der Waals surface area (Å²) < 4.78 is 22.6. The van der Waals surface area contributed by atoms with Crippen molar-refractivity contribution in [3.05, 3.63) is 64.9 Å². The summed E-state index contributed by atoms with van der Waals surface area (Å²) in [5.74, 6) is 2.41. The van der Waals surface area contributed by atoms with Crippen LogP contribution in [0.1, 0.15) is 32.8 Å². The summed E-state index contributed by atoms with van der Waals surface area (Å²) in [6, 6.07) is 11.7. The fourth-order valence-electron chi connectivity index (χ4n) is 4.38. The van der Waals surface area contributed by atoms with Crippen LogP contribution in [0.5, 0.6) is 17.2 Å². The molecule has 0 spiro atoms. The minimum atomic E-state index is -0.170. The Hall–Kier alpha value is -4.13. The number of methoxy groups -OCH3 is 1. The highest BCUT2D eigenvalue weighted by Gasteiger charge is 2.27. The van der Waals surface area contributed by atoms with Crippen LogP contribution in [0, 0.1) is 5.92 Å². The van der Waals surface area contributed by atoms with E-state index in [4.69, 9.17) is 18.6 Å². The number of hydrogen-bond acceptors (Lipinski definition) is 7. The van der Waals surface area contributed by atoms with E-state index in [0.29, 0.717) is 46.8 Å². The zero-order chi connectivity index (χ0) is 25.4. The van der Waals surface area contributed by atoms with Gasteiger partial charge in [-0.25, -0.2) is 0 Å². The number of allylic oxidation sites excluding steroid dienone is 3. The Morgan fingerprint density at radius 2 is 1.89 bits per heavy atom. The largest absolute Gasteiger partial charge is 0.493 e. The maximum absolute atomic E-state index is 12.8. The number of aryl methyl sites for hydroxylation is 1. The number of rotatable bonds is 7. The minimum absolute atomic E-state index is 0.0311. The van der Waals surface area contributed by atoms with Crippen molar-refractivity contribution >= 4 is 28.8 Å². The second-order valence-electron chi connectivity index (χ2n) is 9.17. The van der Waals surface area contributed by atoms with E-state index in [0.717, 1.165) is 22.3 Å². The maximum atomic E-state index is 12.8. The van der Waals surface area contributed by atoms with Gasteiger partial charge in [-0.1, -0.05) is 13.8 Å². The van der Waals surface area contributed by atoms with Gasteiger partial charge in [-0.15, -0.1) is 0 Å². The minimum Gasteiger partial charge on any atom is -0.493 e. The van der Waals surface area contributed by atoms with Crippen LogP contribution >= 0.6 is 0 Å². The lowest BCUT2D eigenvalue weighted by Crippen LogP contribution is -2.20. The molecule has 36 heavy (non-hydrogen) atoms. The van der Waals surface area contributed by atoms with Gasteiger partial charge in [-0.05, 0) is 73.7 Å². The molecule has 0 amide bonds. The lowest BCUT2D eigenvalue weighted by atomic mass is 9.88. The molecule has 0 N–H and O–H groups in total. The molecule has 0 fully saturated rings. The van der Waals surface area contributed by atoms with Gasteiger partial charge in [-0.3, -0.25) is 14.6 Å². The molecule has 0 saturated carbocycles. The topological polar surface area (TPSA) is 87.3 Å². The van der Waals surface area contributed by atoms with Crippen molar-refractivity contribution in [3.8, 4) is 28.6 Å². The fourth-order valence-corrected chi connectivity index (χ4v) is 4.38. The molecule has 0 bridgehead atoms. The predicted molar refractivity (Wildman–Crippen MR) is 137 cm³/mol. The Bertz CT molecular complexity index is 1470. The predicted octanol–water partition coefficient (Wildman–Crippen LogP) is 5.85. The van der Waals surface area contributed by atoms with Gasteiger partial charge in [0.2, 0.25) is 12.6 Å². The number of hydrogen-bond donors (Lipinski definition) is 0.